The molecule has 4 aromatic rings. The van der Waals surface area contributed by atoms with E-state index in [9.17, 15) is 9.18 Å². The van der Waals surface area contributed by atoms with E-state index in [0.717, 1.165) is 18.7 Å². The lowest BCUT2D eigenvalue weighted by Crippen LogP contribution is -2.34. The van der Waals surface area contributed by atoms with Crippen LogP contribution in [0.4, 0.5) is 20.3 Å². The minimum absolute atomic E-state index is 0.148. The fraction of sp³-hybridized carbons (Fsp3) is 0.414. The van der Waals surface area contributed by atoms with Gasteiger partial charge in [0.1, 0.15) is 23.8 Å². The number of nitrogens with zero attached hydrogens (tertiary/aromatic N) is 7. The molecule has 2 aliphatic heterocycles. The number of carbonyl (C=O) groups excluding carboxylic acids is 1. The van der Waals surface area contributed by atoms with Gasteiger partial charge in [-0.2, -0.15) is 4.98 Å². The molecule has 6 rings (SSSR count). The average Bonchev–Trinajstić information content (AvgIpc) is 3.60. The van der Waals surface area contributed by atoms with Gasteiger partial charge in [-0.1, -0.05) is 32.0 Å². The number of fused-ring (bicyclic) bond motifs is 1. The van der Waals surface area contributed by atoms with Crippen molar-refractivity contribution in [3.05, 3.63) is 60.0 Å². The number of piperidine rings is 1. The lowest BCUT2D eigenvalue weighted by Gasteiger charge is -2.32. The molecular formula is C29H31F2N7O2. The van der Waals surface area contributed by atoms with E-state index in [1.807, 2.05) is 25.7 Å². The van der Waals surface area contributed by atoms with Gasteiger partial charge in [0.25, 0.3) is 0 Å². The number of aromatic nitrogens is 4. The molecule has 2 aromatic heterocycles. The highest BCUT2D eigenvalue weighted by Gasteiger charge is 2.30. The predicted octanol–water partition coefficient (Wildman–Crippen LogP) is 5.09. The third kappa shape index (κ3) is 4.78. The molecule has 0 atom stereocenters. The molecule has 0 bridgehead atoms. The number of rotatable bonds is 6. The molecule has 11 heteroatoms. The summed E-state index contributed by atoms with van der Waals surface area (Å²) in [6.07, 6.45) is 3.08. The Labute approximate surface area is 230 Å². The molecule has 0 N–H and O–H groups in total. The highest BCUT2D eigenvalue weighted by Crippen LogP contribution is 2.37. The van der Waals surface area contributed by atoms with Gasteiger partial charge in [-0.25, -0.2) is 18.7 Å². The molecule has 1 amide bonds. The molecule has 0 radical (unpaired) electrons. The second kappa shape index (κ2) is 10.5. The maximum absolute atomic E-state index is 15.3. The van der Waals surface area contributed by atoms with Gasteiger partial charge in [0, 0.05) is 35.9 Å². The van der Waals surface area contributed by atoms with Crippen molar-refractivity contribution in [1.29, 1.82) is 0 Å². The smallest absolute Gasteiger partial charge is 0.242 e. The SMILES string of the molecule is CCN1CC(=O)N(c2ccc(-c3cc(F)cc4c(N5CCC(c6noc(C(C)C)n6)CC5)ncnc34)cc2F)C1. The van der Waals surface area contributed by atoms with Gasteiger partial charge in [0.05, 0.1) is 24.4 Å². The molecule has 2 aromatic carbocycles. The molecule has 40 heavy (non-hydrogen) atoms. The maximum atomic E-state index is 15.3. The van der Waals surface area contributed by atoms with Crippen LogP contribution in [0.2, 0.25) is 0 Å². The Balaban J connectivity index is 1.28. The van der Waals surface area contributed by atoms with E-state index in [0.29, 0.717) is 60.0 Å². The van der Waals surface area contributed by atoms with Crippen molar-refractivity contribution in [2.24, 2.45) is 0 Å². The molecule has 2 aliphatic rings. The first kappa shape index (κ1) is 26.2. The van der Waals surface area contributed by atoms with Gasteiger partial charge >= 0.3 is 0 Å². The zero-order valence-electron chi connectivity index (χ0n) is 22.8. The number of likely N-dealkylation sites (N-methyl/N-ethyl adjacent to an activating group) is 1. The molecule has 2 saturated heterocycles. The number of hydrogen-bond acceptors (Lipinski definition) is 8. The van der Waals surface area contributed by atoms with Gasteiger partial charge in [-0.15, -0.1) is 0 Å². The van der Waals surface area contributed by atoms with Crippen LogP contribution in [0.25, 0.3) is 22.0 Å². The van der Waals surface area contributed by atoms with Crippen LogP contribution in [0, 0.1) is 11.6 Å². The van der Waals surface area contributed by atoms with Gasteiger partial charge in [-0.3, -0.25) is 14.6 Å². The molecular weight excluding hydrogens is 516 g/mol. The second-order valence-electron chi connectivity index (χ2n) is 10.7. The van der Waals surface area contributed by atoms with E-state index >= 15 is 4.39 Å². The minimum atomic E-state index is -0.542. The first-order chi connectivity index (χ1) is 19.3. The van der Waals surface area contributed by atoms with Crippen LogP contribution >= 0.6 is 0 Å². The summed E-state index contributed by atoms with van der Waals surface area (Å²) >= 11 is 0. The number of anilines is 2. The normalized spacial score (nSPS) is 17.1. The summed E-state index contributed by atoms with van der Waals surface area (Å²) in [6, 6.07) is 7.42. The summed E-state index contributed by atoms with van der Waals surface area (Å²) in [5.74, 6) is 1.22. The van der Waals surface area contributed by atoms with Crippen LogP contribution in [-0.4, -0.2) is 63.8 Å². The van der Waals surface area contributed by atoms with E-state index in [4.69, 9.17) is 4.52 Å². The number of hydrogen-bond donors (Lipinski definition) is 0. The molecule has 0 unspecified atom stereocenters. The Kier molecular flexibility index (Phi) is 6.91. The van der Waals surface area contributed by atoms with Crippen LogP contribution in [0.1, 0.15) is 57.2 Å². The number of amides is 1. The first-order valence-electron chi connectivity index (χ1n) is 13.7. The standard InChI is InChI=1S/C29H31F2N7O2/c1-4-36-14-25(39)38(16-36)24-6-5-19(11-23(24)31)21-12-20(30)13-22-26(21)32-15-33-28(22)37-9-7-18(8-10-37)27-34-29(17(2)3)40-35-27/h5-6,11-13,15,17-18H,4,7-10,14,16H2,1-3H3. The third-order valence-corrected chi connectivity index (χ3v) is 7.79. The Hall–Kier alpha value is -3.99. The summed E-state index contributed by atoms with van der Waals surface area (Å²) in [4.78, 5) is 31.5. The predicted molar refractivity (Wildman–Crippen MR) is 147 cm³/mol. The summed E-state index contributed by atoms with van der Waals surface area (Å²) in [5.41, 5.74) is 1.70. The average molecular weight is 548 g/mol. The molecule has 0 saturated carbocycles. The molecule has 9 nitrogen and oxygen atoms in total. The van der Waals surface area contributed by atoms with Crippen LogP contribution < -0.4 is 9.80 Å². The number of halogens is 2. The molecule has 0 spiro atoms. The van der Waals surface area contributed by atoms with Crippen molar-refractivity contribution < 1.29 is 18.1 Å². The molecule has 2 fully saturated rings. The summed E-state index contributed by atoms with van der Waals surface area (Å²) < 4.78 is 35.7. The van der Waals surface area contributed by atoms with E-state index in [1.165, 1.54) is 29.4 Å². The fourth-order valence-corrected chi connectivity index (χ4v) is 5.51. The largest absolute Gasteiger partial charge is 0.356 e. The quantitative estimate of drug-likeness (QED) is 0.330. The first-order valence-corrected chi connectivity index (χ1v) is 13.7. The van der Waals surface area contributed by atoms with E-state index in [-0.39, 0.29) is 30.0 Å². The van der Waals surface area contributed by atoms with Gasteiger partial charge < -0.3 is 9.42 Å². The topological polar surface area (TPSA) is 91.5 Å². The maximum Gasteiger partial charge on any atom is 0.242 e. The van der Waals surface area contributed by atoms with E-state index < -0.39 is 11.6 Å². The van der Waals surface area contributed by atoms with Gasteiger partial charge in [0.2, 0.25) is 11.8 Å². The summed E-state index contributed by atoms with van der Waals surface area (Å²) in [5, 5.41) is 4.75. The zero-order chi connectivity index (χ0) is 28.0. The van der Waals surface area contributed by atoms with Crippen LogP contribution in [-0.2, 0) is 4.79 Å². The number of benzene rings is 2. The molecule has 208 valence electrons. The van der Waals surface area contributed by atoms with E-state index in [1.54, 1.807) is 12.1 Å². The summed E-state index contributed by atoms with van der Waals surface area (Å²) in [6.45, 7) is 8.68. The van der Waals surface area contributed by atoms with Crippen LogP contribution in [0.15, 0.2) is 41.2 Å². The Morgan fingerprint density at radius 3 is 2.58 bits per heavy atom. The highest BCUT2D eigenvalue weighted by molar-refractivity contribution is 6.00. The van der Waals surface area contributed by atoms with Crippen molar-refractivity contribution >= 4 is 28.3 Å². The molecule has 0 aliphatic carbocycles. The summed E-state index contributed by atoms with van der Waals surface area (Å²) in [7, 11) is 0. The van der Waals surface area contributed by atoms with Crippen molar-refractivity contribution in [2.75, 3.05) is 42.6 Å². The monoisotopic (exact) mass is 547 g/mol. The van der Waals surface area contributed by atoms with Gasteiger partial charge in [0.15, 0.2) is 5.82 Å². The van der Waals surface area contributed by atoms with E-state index in [2.05, 4.69) is 25.0 Å². The molecule has 4 heterocycles. The van der Waals surface area contributed by atoms with Crippen molar-refractivity contribution in [2.45, 2.75) is 45.4 Å². The highest BCUT2D eigenvalue weighted by atomic mass is 19.1. The van der Waals surface area contributed by atoms with Gasteiger partial charge in [-0.05, 0) is 49.2 Å². The number of carbonyl (C=O) groups is 1. The Bertz CT molecular complexity index is 1570. The van der Waals surface area contributed by atoms with Crippen LogP contribution in [0.5, 0.6) is 0 Å². The fourth-order valence-electron chi connectivity index (χ4n) is 5.51. The second-order valence-corrected chi connectivity index (χ2v) is 10.7. The van der Waals surface area contributed by atoms with Crippen molar-refractivity contribution in [1.82, 2.24) is 25.0 Å². The van der Waals surface area contributed by atoms with Crippen molar-refractivity contribution in [3.8, 4) is 11.1 Å². The zero-order valence-corrected chi connectivity index (χ0v) is 22.8. The minimum Gasteiger partial charge on any atom is -0.356 e. The van der Waals surface area contributed by atoms with Crippen LogP contribution in [0.3, 0.4) is 0 Å². The Morgan fingerprint density at radius 2 is 1.90 bits per heavy atom. The lowest BCUT2D eigenvalue weighted by molar-refractivity contribution is -0.116. The third-order valence-electron chi connectivity index (χ3n) is 7.79. The lowest BCUT2D eigenvalue weighted by atomic mass is 9.95. The van der Waals surface area contributed by atoms with Crippen molar-refractivity contribution in [3.63, 3.8) is 0 Å². The Morgan fingerprint density at radius 1 is 1.10 bits per heavy atom.